The van der Waals surface area contributed by atoms with Crippen molar-refractivity contribution in [1.29, 1.82) is 0 Å². The highest BCUT2D eigenvalue weighted by Crippen LogP contribution is 2.20. The van der Waals surface area contributed by atoms with E-state index in [1.165, 1.54) is 11.2 Å². The molecule has 16 heavy (non-hydrogen) atoms. The molecule has 2 heterocycles. The maximum atomic E-state index is 11.5. The van der Waals surface area contributed by atoms with Gasteiger partial charge in [0.25, 0.3) is 0 Å². The largest absolute Gasteiger partial charge is 0.480 e. The molecule has 7 nitrogen and oxygen atoms in total. The van der Waals surface area contributed by atoms with E-state index in [4.69, 9.17) is 5.11 Å². The van der Waals surface area contributed by atoms with Gasteiger partial charge >= 0.3 is 5.97 Å². The van der Waals surface area contributed by atoms with Gasteiger partial charge in [-0.25, -0.2) is 4.79 Å². The molecule has 1 N–H and O–H groups in total. The summed E-state index contributed by atoms with van der Waals surface area (Å²) >= 11 is 0. The van der Waals surface area contributed by atoms with Crippen LogP contribution in [0.5, 0.6) is 0 Å². The molecule has 0 saturated carbocycles. The third kappa shape index (κ3) is 1.75. The first-order valence-corrected chi connectivity index (χ1v) is 4.94. The minimum atomic E-state index is -0.965. The van der Waals surface area contributed by atoms with E-state index in [9.17, 15) is 9.59 Å². The smallest absolute Gasteiger partial charge is 0.326 e. The number of aromatic nitrogens is 3. The highest BCUT2D eigenvalue weighted by Gasteiger charge is 2.36. The predicted molar refractivity (Wildman–Crippen MR) is 52.2 cm³/mol. The lowest BCUT2D eigenvalue weighted by molar-refractivity contribution is -0.146. The highest BCUT2D eigenvalue weighted by atomic mass is 16.4. The van der Waals surface area contributed by atoms with Crippen molar-refractivity contribution in [2.75, 3.05) is 0 Å². The summed E-state index contributed by atoms with van der Waals surface area (Å²) in [5, 5.41) is 16.5. The predicted octanol–water partition coefficient (Wildman–Crippen LogP) is -0.609. The number of carboxylic acids is 1. The van der Waals surface area contributed by atoms with Crippen LogP contribution in [0.15, 0.2) is 6.33 Å². The van der Waals surface area contributed by atoms with Gasteiger partial charge in [-0.05, 0) is 6.42 Å². The van der Waals surface area contributed by atoms with E-state index in [-0.39, 0.29) is 18.9 Å². The molecular weight excluding hydrogens is 212 g/mol. The molecule has 1 unspecified atom stereocenters. The summed E-state index contributed by atoms with van der Waals surface area (Å²) in [5.74, 6) is -0.523. The first-order valence-electron chi connectivity index (χ1n) is 4.94. The van der Waals surface area contributed by atoms with Gasteiger partial charge in [0.05, 0.1) is 6.54 Å². The summed E-state index contributed by atoms with van der Waals surface area (Å²) in [5.41, 5.74) is 0. The Morgan fingerprint density at radius 1 is 1.69 bits per heavy atom. The SMILES string of the molecule is Cn1cnnc1CN1C(=O)CCC1C(=O)O. The minimum absolute atomic E-state index is 0.143. The van der Waals surface area contributed by atoms with E-state index >= 15 is 0 Å². The van der Waals surface area contributed by atoms with Gasteiger partial charge in [-0.15, -0.1) is 10.2 Å². The van der Waals surface area contributed by atoms with E-state index in [2.05, 4.69) is 10.2 Å². The van der Waals surface area contributed by atoms with Crippen LogP contribution in [0, 0.1) is 0 Å². The van der Waals surface area contributed by atoms with Crippen LogP contribution in [0.3, 0.4) is 0 Å². The van der Waals surface area contributed by atoms with Crippen molar-refractivity contribution in [3.05, 3.63) is 12.2 Å². The van der Waals surface area contributed by atoms with Gasteiger partial charge in [0.2, 0.25) is 5.91 Å². The van der Waals surface area contributed by atoms with Gasteiger partial charge in [-0.3, -0.25) is 4.79 Å². The summed E-state index contributed by atoms with van der Waals surface area (Å²) in [6.45, 7) is 0.201. The molecule has 1 saturated heterocycles. The Hall–Kier alpha value is -1.92. The summed E-state index contributed by atoms with van der Waals surface area (Å²) in [6.07, 6.45) is 2.17. The molecule has 1 amide bonds. The van der Waals surface area contributed by atoms with Gasteiger partial charge < -0.3 is 14.6 Å². The fraction of sp³-hybridized carbons (Fsp3) is 0.556. The Kier molecular flexibility index (Phi) is 2.59. The van der Waals surface area contributed by atoms with Gasteiger partial charge in [-0.2, -0.15) is 0 Å². The first-order chi connectivity index (χ1) is 7.59. The van der Waals surface area contributed by atoms with Gasteiger partial charge in [0.15, 0.2) is 5.82 Å². The number of carbonyl (C=O) groups excluding carboxylic acids is 1. The molecule has 1 fully saturated rings. The summed E-state index contributed by atoms with van der Waals surface area (Å²) in [4.78, 5) is 23.8. The minimum Gasteiger partial charge on any atom is -0.480 e. The number of nitrogens with zero attached hydrogens (tertiary/aromatic N) is 4. The number of aryl methyl sites for hydroxylation is 1. The number of hydrogen-bond acceptors (Lipinski definition) is 4. The number of likely N-dealkylation sites (tertiary alicyclic amines) is 1. The average Bonchev–Trinajstić information content (AvgIpc) is 2.76. The monoisotopic (exact) mass is 224 g/mol. The molecule has 1 atom stereocenters. The molecule has 1 aliphatic rings. The van der Waals surface area contributed by atoms with Crippen molar-refractivity contribution in [3.8, 4) is 0 Å². The zero-order chi connectivity index (χ0) is 11.7. The average molecular weight is 224 g/mol. The number of carbonyl (C=O) groups is 2. The number of amides is 1. The Bertz CT molecular complexity index is 428. The second kappa shape index (κ2) is 3.92. The second-order valence-electron chi connectivity index (χ2n) is 3.77. The fourth-order valence-electron chi connectivity index (χ4n) is 1.79. The maximum Gasteiger partial charge on any atom is 0.326 e. The van der Waals surface area contributed by atoms with Crippen molar-refractivity contribution >= 4 is 11.9 Å². The molecule has 7 heteroatoms. The fourth-order valence-corrected chi connectivity index (χ4v) is 1.79. The molecule has 0 radical (unpaired) electrons. The number of hydrogen-bond donors (Lipinski definition) is 1. The van der Waals surface area contributed by atoms with E-state index in [1.807, 2.05) is 0 Å². The van der Waals surface area contributed by atoms with Crippen LogP contribution >= 0.6 is 0 Å². The molecule has 1 aromatic heterocycles. The van der Waals surface area contributed by atoms with Crippen LogP contribution in [-0.4, -0.2) is 42.7 Å². The molecule has 1 aliphatic heterocycles. The van der Waals surface area contributed by atoms with E-state index in [0.717, 1.165) is 0 Å². The highest BCUT2D eigenvalue weighted by molar-refractivity contribution is 5.87. The third-order valence-electron chi connectivity index (χ3n) is 2.73. The number of aliphatic carboxylic acids is 1. The van der Waals surface area contributed by atoms with Crippen LogP contribution in [0.1, 0.15) is 18.7 Å². The maximum absolute atomic E-state index is 11.5. The van der Waals surface area contributed by atoms with Crippen molar-refractivity contribution in [2.24, 2.45) is 7.05 Å². The van der Waals surface area contributed by atoms with E-state index in [1.54, 1.807) is 11.6 Å². The lowest BCUT2D eigenvalue weighted by atomic mass is 10.2. The lowest BCUT2D eigenvalue weighted by Gasteiger charge is -2.20. The van der Waals surface area contributed by atoms with Crippen LogP contribution < -0.4 is 0 Å². The van der Waals surface area contributed by atoms with Crippen molar-refractivity contribution in [3.63, 3.8) is 0 Å². The summed E-state index contributed by atoms with van der Waals surface area (Å²) in [6, 6.07) is -0.732. The van der Waals surface area contributed by atoms with Gasteiger partial charge in [-0.1, -0.05) is 0 Å². The molecule has 0 aliphatic carbocycles. The summed E-state index contributed by atoms with van der Waals surface area (Å²) < 4.78 is 1.67. The first kappa shape index (κ1) is 10.6. The summed E-state index contributed by atoms with van der Waals surface area (Å²) in [7, 11) is 1.76. The molecule has 1 aromatic rings. The lowest BCUT2D eigenvalue weighted by Crippen LogP contribution is -2.38. The topological polar surface area (TPSA) is 88.3 Å². The molecule has 2 rings (SSSR count). The molecular formula is C9H12N4O3. The van der Waals surface area contributed by atoms with Crippen molar-refractivity contribution in [2.45, 2.75) is 25.4 Å². The Morgan fingerprint density at radius 3 is 3.00 bits per heavy atom. The van der Waals surface area contributed by atoms with Crippen LogP contribution in [0.25, 0.3) is 0 Å². The van der Waals surface area contributed by atoms with Crippen LogP contribution in [0.4, 0.5) is 0 Å². The molecule has 86 valence electrons. The standard InChI is InChI=1S/C9H12N4O3/c1-12-5-10-11-7(12)4-13-6(9(15)16)2-3-8(13)14/h5-6H,2-4H2,1H3,(H,15,16). The zero-order valence-electron chi connectivity index (χ0n) is 8.83. The van der Waals surface area contributed by atoms with Crippen molar-refractivity contribution in [1.82, 2.24) is 19.7 Å². The molecule has 0 aromatic carbocycles. The Balaban J connectivity index is 2.16. The molecule has 0 bridgehead atoms. The second-order valence-corrected chi connectivity index (χ2v) is 3.77. The number of carboxylic acid groups (broad SMARTS) is 1. The van der Waals surface area contributed by atoms with Crippen LogP contribution in [0.2, 0.25) is 0 Å². The normalized spacial score (nSPS) is 20.4. The van der Waals surface area contributed by atoms with Gasteiger partial charge in [0.1, 0.15) is 12.4 Å². The Labute approximate surface area is 91.7 Å². The van der Waals surface area contributed by atoms with E-state index < -0.39 is 12.0 Å². The Morgan fingerprint density at radius 2 is 2.44 bits per heavy atom. The van der Waals surface area contributed by atoms with Crippen molar-refractivity contribution < 1.29 is 14.7 Å². The van der Waals surface area contributed by atoms with Gasteiger partial charge in [0, 0.05) is 13.5 Å². The number of rotatable bonds is 3. The molecule has 0 spiro atoms. The third-order valence-corrected chi connectivity index (χ3v) is 2.73. The van der Waals surface area contributed by atoms with Crippen LogP contribution in [-0.2, 0) is 23.2 Å². The zero-order valence-corrected chi connectivity index (χ0v) is 8.83. The van der Waals surface area contributed by atoms with E-state index in [0.29, 0.717) is 12.2 Å². The quantitative estimate of drug-likeness (QED) is 0.740.